The fourth-order valence-electron chi connectivity index (χ4n) is 2.69. The van der Waals surface area contributed by atoms with Crippen molar-refractivity contribution in [3.05, 3.63) is 71.7 Å². The molecule has 4 rings (SSSR count). The Balaban J connectivity index is 1.70. The van der Waals surface area contributed by atoms with Crippen molar-refractivity contribution < 1.29 is 0 Å². The third kappa shape index (κ3) is 2.50. The van der Waals surface area contributed by atoms with Crippen molar-refractivity contribution in [2.75, 3.05) is 0 Å². The molecule has 0 spiro atoms. The average Bonchev–Trinajstić information content (AvgIpc) is 3.16. The summed E-state index contributed by atoms with van der Waals surface area (Å²) in [6.07, 6.45) is 3.75. The van der Waals surface area contributed by atoms with Crippen LogP contribution in [0.2, 0.25) is 0 Å². The molecule has 0 aliphatic rings. The first-order valence-electron chi connectivity index (χ1n) is 7.59. The molecule has 0 saturated carbocycles. The van der Waals surface area contributed by atoms with Crippen LogP contribution < -0.4 is 0 Å². The maximum absolute atomic E-state index is 4.48. The summed E-state index contributed by atoms with van der Waals surface area (Å²) in [4.78, 5) is 4.48. The van der Waals surface area contributed by atoms with Crippen LogP contribution in [0.3, 0.4) is 0 Å². The van der Waals surface area contributed by atoms with Crippen LogP contribution in [-0.2, 0) is 6.54 Å². The number of imidazole rings is 1. The van der Waals surface area contributed by atoms with E-state index in [9.17, 15) is 0 Å². The lowest BCUT2D eigenvalue weighted by Gasteiger charge is -2.02. The molecule has 0 fully saturated rings. The normalized spacial score (nSPS) is 11.2. The molecule has 0 bridgehead atoms. The maximum Gasteiger partial charge on any atom is 0.180 e. The van der Waals surface area contributed by atoms with Gasteiger partial charge < -0.3 is 0 Å². The van der Waals surface area contributed by atoms with E-state index >= 15 is 0 Å². The first-order valence-corrected chi connectivity index (χ1v) is 7.59. The van der Waals surface area contributed by atoms with Crippen LogP contribution in [0.25, 0.3) is 16.9 Å². The van der Waals surface area contributed by atoms with Gasteiger partial charge in [-0.1, -0.05) is 35.5 Å². The summed E-state index contributed by atoms with van der Waals surface area (Å²) in [7, 11) is 0. The zero-order valence-electron chi connectivity index (χ0n) is 13.1. The monoisotopic (exact) mass is 303 g/mol. The van der Waals surface area contributed by atoms with Crippen molar-refractivity contribution in [2.24, 2.45) is 0 Å². The Bertz CT molecular complexity index is 966. The Labute approximate surface area is 134 Å². The Morgan fingerprint density at radius 1 is 1.00 bits per heavy atom. The van der Waals surface area contributed by atoms with Crippen LogP contribution in [0.1, 0.15) is 16.7 Å². The molecule has 5 nitrogen and oxygen atoms in total. The molecule has 0 amide bonds. The Morgan fingerprint density at radius 2 is 1.78 bits per heavy atom. The first kappa shape index (κ1) is 13.7. The van der Waals surface area contributed by atoms with E-state index in [4.69, 9.17) is 0 Å². The number of benzene rings is 2. The molecule has 0 aliphatic heterocycles. The molecule has 0 aliphatic carbocycles. The van der Waals surface area contributed by atoms with Gasteiger partial charge in [0.1, 0.15) is 6.33 Å². The molecular formula is C18H17N5. The van der Waals surface area contributed by atoms with Crippen LogP contribution in [0.5, 0.6) is 0 Å². The average molecular weight is 303 g/mol. The van der Waals surface area contributed by atoms with Gasteiger partial charge in [-0.25, -0.2) is 9.67 Å². The molecule has 0 saturated heterocycles. The van der Waals surface area contributed by atoms with Gasteiger partial charge in [0.25, 0.3) is 0 Å². The van der Waals surface area contributed by atoms with Gasteiger partial charge in [0.05, 0.1) is 23.8 Å². The molecule has 4 aromatic rings. The lowest BCUT2D eigenvalue weighted by atomic mass is 10.1. The van der Waals surface area contributed by atoms with Gasteiger partial charge >= 0.3 is 0 Å². The van der Waals surface area contributed by atoms with Crippen LogP contribution >= 0.6 is 0 Å². The second-order valence-corrected chi connectivity index (χ2v) is 5.80. The highest BCUT2D eigenvalue weighted by molar-refractivity contribution is 5.78. The Kier molecular flexibility index (Phi) is 3.19. The lowest BCUT2D eigenvalue weighted by molar-refractivity contribution is 0.649. The van der Waals surface area contributed by atoms with Gasteiger partial charge in [0.15, 0.2) is 5.82 Å². The number of nitrogens with zero attached hydrogens (tertiary/aromatic N) is 5. The topological polar surface area (TPSA) is 48.5 Å². The quantitative estimate of drug-likeness (QED) is 0.583. The Morgan fingerprint density at radius 3 is 2.61 bits per heavy atom. The van der Waals surface area contributed by atoms with Gasteiger partial charge in [-0.3, -0.25) is 4.57 Å². The van der Waals surface area contributed by atoms with E-state index < -0.39 is 0 Å². The van der Waals surface area contributed by atoms with Crippen molar-refractivity contribution in [3.63, 3.8) is 0 Å². The summed E-state index contributed by atoms with van der Waals surface area (Å²) in [5.74, 6) is 0.784. The molecule has 23 heavy (non-hydrogen) atoms. The molecule has 0 unspecified atom stereocenters. The van der Waals surface area contributed by atoms with Crippen molar-refractivity contribution in [3.8, 4) is 5.82 Å². The van der Waals surface area contributed by atoms with E-state index in [1.165, 1.54) is 16.7 Å². The lowest BCUT2D eigenvalue weighted by Crippen LogP contribution is -1.99. The SMILES string of the molecule is Cc1cc2ncn(-c3cn(Cc4ccccc4)nn3)c2cc1C. The minimum Gasteiger partial charge on any atom is -0.280 e. The summed E-state index contributed by atoms with van der Waals surface area (Å²) in [5.41, 5.74) is 5.72. The van der Waals surface area contributed by atoms with Crippen LogP contribution in [0.15, 0.2) is 55.0 Å². The van der Waals surface area contributed by atoms with E-state index in [2.05, 4.69) is 53.4 Å². The fraction of sp³-hybridized carbons (Fsp3) is 0.167. The van der Waals surface area contributed by atoms with Crippen molar-refractivity contribution in [2.45, 2.75) is 20.4 Å². The van der Waals surface area contributed by atoms with E-state index in [1.807, 2.05) is 33.6 Å². The minimum atomic E-state index is 0.707. The molecule has 0 N–H and O–H groups in total. The third-order valence-corrected chi connectivity index (χ3v) is 4.12. The maximum atomic E-state index is 4.48. The highest BCUT2D eigenvalue weighted by Crippen LogP contribution is 2.20. The zero-order chi connectivity index (χ0) is 15.8. The van der Waals surface area contributed by atoms with Gasteiger partial charge in [0, 0.05) is 0 Å². The minimum absolute atomic E-state index is 0.707. The molecule has 2 aromatic heterocycles. The number of hydrogen-bond donors (Lipinski definition) is 0. The highest BCUT2D eigenvalue weighted by Gasteiger charge is 2.10. The number of fused-ring (bicyclic) bond motifs is 1. The van der Waals surface area contributed by atoms with E-state index in [-0.39, 0.29) is 0 Å². The van der Waals surface area contributed by atoms with Crippen molar-refractivity contribution >= 4 is 11.0 Å². The predicted octanol–water partition coefficient (Wildman–Crippen LogP) is 3.28. The summed E-state index contributed by atoms with van der Waals surface area (Å²) in [6, 6.07) is 14.5. The summed E-state index contributed by atoms with van der Waals surface area (Å²) < 4.78 is 3.83. The third-order valence-electron chi connectivity index (χ3n) is 4.12. The van der Waals surface area contributed by atoms with E-state index in [0.29, 0.717) is 6.54 Å². The molecule has 2 heterocycles. The van der Waals surface area contributed by atoms with Gasteiger partial charge in [0.2, 0.25) is 0 Å². The molecule has 0 radical (unpaired) electrons. The van der Waals surface area contributed by atoms with Crippen LogP contribution in [-0.4, -0.2) is 24.5 Å². The second kappa shape index (κ2) is 5.35. The number of rotatable bonds is 3. The fourth-order valence-corrected chi connectivity index (χ4v) is 2.69. The number of aromatic nitrogens is 5. The van der Waals surface area contributed by atoms with E-state index in [1.54, 1.807) is 6.33 Å². The zero-order valence-corrected chi connectivity index (χ0v) is 13.1. The first-order chi connectivity index (χ1) is 11.2. The van der Waals surface area contributed by atoms with Gasteiger partial charge in [-0.2, -0.15) is 0 Å². The molecule has 0 atom stereocenters. The molecule has 5 heteroatoms. The largest absolute Gasteiger partial charge is 0.280 e. The summed E-state index contributed by atoms with van der Waals surface area (Å²) in [5, 5.41) is 8.53. The predicted molar refractivity (Wildman–Crippen MR) is 89.7 cm³/mol. The molecule has 114 valence electrons. The highest BCUT2D eigenvalue weighted by atomic mass is 15.4. The second-order valence-electron chi connectivity index (χ2n) is 5.80. The molecule has 2 aromatic carbocycles. The van der Waals surface area contributed by atoms with Gasteiger partial charge in [-0.15, -0.1) is 5.10 Å². The summed E-state index contributed by atoms with van der Waals surface area (Å²) in [6.45, 7) is 4.92. The van der Waals surface area contributed by atoms with Crippen molar-refractivity contribution in [1.29, 1.82) is 0 Å². The van der Waals surface area contributed by atoms with E-state index in [0.717, 1.165) is 16.9 Å². The standard InChI is InChI=1S/C18H17N5/c1-13-8-16-17(9-14(13)2)23(12-19-16)18-11-22(21-20-18)10-15-6-4-3-5-7-15/h3-9,11-12H,10H2,1-2H3. The van der Waals surface area contributed by atoms with Crippen LogP contribution in [0, 0.1) is 13.8 Å². The summed E-state index contributed by atoms with van der Waals surface area (Å²) >= 11 is 0. The van der Waals surface area contributed by atoms with Crippen LogP contribution in [0.4, 0.5) is 0 Å². The Hall–Kier alpha value is -2.95. The number of hydrogen-bond acceptors (Lipinski definition) is 3. The molecular weight excluding hydrogens is 286 g/mol. The number of aryl methyl sites for hydroxylation is 2. The van der Waals surface area contributed by atoms with Crippen molar-refractivity contribution in [1.82, 2.24) is 24.5 Å². The van der Waals surface area contributed by atoms with Gasteiger partial charge in [-0.05, 0) is 42.7 Å². The smallest absolute Gasteiger partial charge is 0.180 e.